The topological polar surface area (TPSA) is 43.1 Å². The van der Waals surface area contributed by atoms with Crippen molar-refractivity contribution in [3.63, 3.8) is 0 Å². The van der Waals surface area contributed by atoms with Crippen LogP contribution < -0.4 is 5.73 Å². The number of carbonyl (C=O) groups excluding carboxylic acids is 1. The Kier molecular flexibility index (Phi) is 4.23. The first-order valence-corrected chi connectivity index (χ1v) is 6.97. The molecule has 0 saturated heterocycles. The first kappa shape index (κ1) is 14.3. The number of rotatable bonds is 4. The molecule has 0 aliphatic carbocycles. The number of hydrogen-bond acceptors (Lipinski definition) is 2. The average molecular weight is 267 g/mol. The van der Waals surface area contributed by atoms with Gasteiger partial charge in [-0.05, 0) is 43.0 Å². The Bertz CT molecular complexity index is 629. The van der Waals surface area contributed by atoms with Crippen molar-refractivity contribution in [2.24, 2.45) is 5.92 Å². The molecule has 2 N–H and O–H groups in total. The highest BCUT2D eigenvalue weighted by Crippen LogP contribution is 2.19. The summed E-state index contributed by atoms with van der Waals surface area (Å²) in [6.45, 7) is 6.31. The molecule has 0 unspecified atom stereocenters. The lowest BCUT2D eigenvalue weighted by molar-refractivity contribution is 0.103. The van der Waals surface area contributed by atoms with E-state index in [1.54, 1.807) is 6.07 Å². The van der Waals surface area contributed by atoms with Crippen molar-refractivity contribution in [2.45, 2.75) is 27.2 Å². The largest absolute Gasteiger partial charge is 0.398 e. The SMILES string of the molecule is Cc1ccc(N)c(C(=O)c2cccc(CC(C)C)c2)c1. The van der Waals surface area contributed by atoms with Crippen LogP contribution in [0, 0.1) is 12.8 Å². The first-order valence-electron chi connectivity index (χ1n) is 6.97. The number of nitrogen functional groups attached to an aromatic ring is 1. The van der Waals surface area contributed by atoms with Crippen molar-refractivity contribution < 1.29 is 4.79 Å². The lowest BCUT2D eigenvalue weighted by Gasteiger charge is -2.09. The predicted octanol–water partition coefficient (Wildman–Crippen LogP) is 4.01. The van der Waals surface area contributed by atoms with Gasteiger partial charge in [0, 0.05) is 16.8 Å². The Balaban J connectivity index is 2.35. The molecule has 2 rings (SSSR count). The molecule has 0 aliphatic rings. The van der Waals surface area contributed by atoms with Crippen molar-refractivity contribution in [1.29, 1.82) is 0 Å². The standard InChI is InChI=1S/C18H21NO/c1-12(2)9-14-5-4-6-15(11-14)18(20)16-10-13(3)7-8-17(16)19/h4-8,10-12H,9,19H2,1-3H3. The molecule has 2 nitrogen and oxygen atoms in total. The molecule has 0 amide bonds. The summed E-state index contributed by atoms with van der Waals surface area (Å²) >= 11 is 0. The van der Waals surface area contributed by atoms with E-state index in [2.05, 4.69) is 19.9 Å². The van der Waals surface area contributed by atoms with Crippen LogP contribution in [0.1, 0.15) is 40.9 Å². The lowest BCUT2D eigenvalue weighted by atomic mass is 9.96. The van der Waals surface area contributed by atoms with E-state index in [0.29, 0.717) is 22.7 Å². The number of ketones is 1. The van der Waals surface area contributed by atoms with E-state index in [0.717, 1.165) is 12.0 Å². The van der Waals surface area contributed by atoms with Gasteiger partial charge in [-0.15, -0.1) is 0 Å². The van der Waals surface area contributed by atoms with Gasteiger partial charge in [0.1, 0.15) is 0 Å². The van der Waals surface area contributed by atoms with Gasteiger partial charge in [-0.3, -0.25) is 4.79 Å². The number of benzene rings is 2. The van der Waals surface area contributed by atoms with E-state index < -0.39 is 0 Å². The number of carbonyl (C=O) groups is 1. The second kappa shape index (κ2) is 5.91. The van der Waals surface area contributed by atoms with Crippen LogP contribution >= 0.6 is 0 Å². The van der Waals surface area contributed by atoms with Crippen molar-refractivity contribution in [1.82, 2.24) is 0 Å². The monoisotopic (exact) mass is 267 g/mol. The summed E-state index contributed by atoms with van der Waals surface area (Å²) in [4.78, 5) is 12.6. The van der Waals surface area contributed by atoms with Gasteiger partial charge in [0.05, 0.1) is 0 Å². The number of hydrogen-bond donors (Lipinski definition) is 1. The van der Waals surface area contributed by atoms with E-state index in [4.69, 9.17) is 5.73 Å². The Hall–Kier alpha value is -2.09. The Morgan fingerprint density at radius 1 is 1.15 bits per heavy atom. The van der Waals surface area contributed by atoms with Crippen molar-refractivity contribution in [3.05, 3.63) is 64.7 Å². The third kappa shape index (κ3) is 3.27. The second-order valence-electron chi connectivity index (χ2n) is 5.72. The highest BCUT2D eigenvalue weighted by Gasteiger charge is 2.13. The molecule has 0 fully saturated rings. The van der Waals surface area contributed by atoms with Gasteiger partial charge >= 0.3 is 0 Å². The zero-order valence-electron chi connectivity index (χ0n) is 12.3. The quantitative estimate of drug-likeness (QED) is 0.672. The molecular weight excluding hydrogens is 246 g/mol. The molecule has 0 radical (unpaired) electrons. The summed E-state index contributed by atoms with van der Waals surface area (Å²) in [5.41, 5.74) is 10.00. The lowest BCUT2D eigenvalue weighted by Crippen LogP contribution is -2.06. The molecule has 0 spiro atoms. The summed E-state index contributed by atoms with van der Waals surface area (Å²) in [6.07, 6.45) is 0.977. The molecule has 0 saturated carbocycles. The maximum atomic E-state index is 12.6. The van der Waals surface area contributed by atoms with E-state index in [1.165, 1.54) is 5.56 Å². The van der Waals surface area contributed by atoms with Gasteiger partial charge in [-0.1, -0.05) is 43.7 Å². The number of aryl methyl sites for hydroxylation is 1. The molecular formula is C18H21NO. The minimum atomic E-state index is -0.00296. The fraction of sp³-hybridized carbons (Fsp3) is 0.278. The highest BCUT2D eigenvalue weighted by molar-refractivity contribution is 6.12. The van der Waals surface area contributed by atoms with Gasteiger partial charge in [-0.25, -0.2) is 0 Å². The van der Waals surface area contributed by atoms with Crippen LogP contribution in [0.3, 0.4) is 0 Å². The van der Waals surface area contributed by atoms with Crippen molar-refractivity contribution in [2.75, 3.05) is 5.73 Å². The first-order chi connectivity index (χ1) is 9.47. The van der Waals surface area contributed by atoms with Crippen LogP contribution in [0.15, 0.2) is 42.5 Å². The minimum Gasteiger partial charge on any atom is -0.398 e. The second-order valence-corrected chi connectivity index (χ2v) is 5.72. The smallest absolute Gasteiger partial charge is 0.195 e. The van der Waals surface area contributed by atoms with Crippen LogP contribution in [-0.2, 0) is 6.42 Å². The zero-order chi connectivity index (χ0) is 14.7. The van der Waals surface area contributed by atoms with Crippen LogP contribution in [0.4, 0.5) is 5.69 Å². The van der Waals surface area contributed by atoms with Gasteiger partial charge in [-0.2, -0.15) is 0 Å². The summed E-state index contributed by atoms with van der Waals surface area (Å²) in [5, 5.41) is 0. The normalized spacial score (nSPS) is 10.8. The Morgan fingerprint density at radius 3 is 2.60 bits per heavy atom. The highest BCUT2D eigenvalue weighted by atomic mass is 16.1. The maximum Gasteiger partial charge on any atom is 0.195 e. The summed E-state index contributed by atoms with van der Waals surface area (Å²) in [5.74, 6) is 0.571. The summed E-state index contributed by atoms with van der Waals surface area (Å²) < 4.78 is 0. The van der Waals surface area contributed by atoms with Gasteiger partial charge in [0.15, 0.2) is 5.78 Å². The summed E-state index contributed by atoms with van der Waals surface area (Å²) in [6, 6.07) is 13.4. The molecule has 2 aromatic rings. The van der Waals surface area contributed by atoms with Crippen LogP contribution in [0.2, 0.25) is 0 Å². The van der Waals surface area contributed by atoms with E-state index >= 15 is 0 Å². The number of nitrogens with two attached hydrogens (primary N) is 1. The van der Waals surface area contributed by atoms with Crippen molar-refractivity contribution >= 4 is 11.5 Å². The Morgan fingerprint density at radius 2 is 1.90 bits per heavy atom. The van der Waals surface area contributed by atoms with Gasteiger partial charge < -0.3 is 5.73 Å². The Labute approximate surface area is 120 Å². The van der Waals surface area contributed by atoms with Gasteiger partial charge in [0.25, 0.3) is 0 Å². The van der Waals surface area contributed by atoms with Crippen LogP contribution in [-0.4, -0.2) is 5.78 Å². The molecule has 0 aliphatic heterocycles. The molecule has 0 aromatic heterocycles. The fourth-order valence-corrected chi connectivity index (χ4v) is 2.33. The van der Waals surface area contributed by atoms with Gasteiger partial charge in [0.2, 0.25) is 0 Å². The molecule has 20 heavy (non-hydrogen) atoms. The molecule has 2 heteroatoms. The van der Waals surface area contributed by atoms with E-state index in [9.17, 15) is 4.79 Å². The molecule has 0 heterocycles. The summed E-state index contributed by atoms with van der Waals surface area (Å²) in [7, 11) is 0. The zero-order valence-corrected chi connectivity index (χ0v) is 12.3. The molecule has 0 atom stereocenters. The average Bonchev–Trinajstić information content (AvgIpc) is 2.40. The third-order valence-corrected chi connectivity index (χ3v) is 3.29. The molecule has 2 aromatic carbocycles. The van der Waals surface area contributed by atoms with E-state index in [-0.39, 0.29) is 5.78 Å². The molecule has 0 bridgehead atoms. The third-order valence-electron chi connectivity index (χ3n) is 3.29. The van der Waals surface area contributed by atoms with Crippen LogP contribution in [0.5, 0.6) is 0 Å². The molecule has 104 valence electrons. The number of anilines is 1. The minimum absolute atomic E-state index is 0.00296. The van der Waals surface area contributed by atoms with E-state index in [1.807, 2.05) is 37.3 Å². The van der Waals surface area contributed by atoms with Crippen LogP contribution in [0.25, 0.3) is 0 Å². The maximum absolute atomic E-state index is 12.6. The predicted molar refractivity (Wildman–Crippen MR) is 84.0 cm³/mol. The fourth-order valence-electron chi connectivity index (χ4n) is 2.33. The van der Waals surface area contributed by atoms with Crippen molar-refractivity contribution in [3.8, 4) is 0 Å².